The largest absolute Gasteiger partial charge is 0.480 e. The van der Waals surface area contributed by atoms with Gasteiger partial charge in [0.1, 0.15) is 6.04 Å². The molecular formula is C13H20N4O3. The van der Waals surface area contributed by atoms with Gasteiger partial charge in [0, 0.05) is 24.4 Å². The summed E-state index contributed by atoms with van der Waals surface area (Å²) < 4.78 is 0. The van der Waals surface area contributed by atoms with Crippen LogP contribution in [0.2, 0.25) is 0 Å². The third-order valence-corrected chi connectivity index (χ3v) is 3.34. The fourth-order valence-electron chi connectivity index (χ4n) is 2.15. The van der Waals surface area contributed by atoms with Gasteiger partial charge in [-0.1, -0.05) is 12.8 Å². The third-order valence-electron chi connectivity index (χ3n) is 3.34. The molecule has 2 rings (SSSR count). The summed E-state index contributed by atoms with van der Waals surface area (Å²) in [4.78, 5) is 29.6. The number of aliphatic carboxylic acids is 1. The van der Waals surface area contributed by atoms with Gasteiger partial charge in [-0.15, -0.1) is 0 Å². The Hall–Kier alpha value is -2.05. The molecule has 1 aliphatic carbocycles. The minimum Gasteiger partial charge on any atom is -0.480 e. The van der Waals surface area contributed by atoms with Gasteiger partial charge in [-0.2, -0.15) is 0 Å². The molecule has 1 saturated carbocycles. The summed E-state index contributed by atoms with van der Waals surface area (Å²) in [6.45, 7) is 1.93. The van der Waals surface area contributed by atoms with Crippen LogP contribution in [0.25, 0.3) is 0 Å². The standard InChI is InChI=1S/C13H20N4O3/c1-8(4-9-2-3-9)16-13(20)17-11(12(18)19)5-10-6-14-7-15-10/h6-9,11H,2-5H2,1H3,(H,14,15)(H,18,19)(H2,16,17,20). The van der Waals surface area contributed by atoms with Crippen molar-refractivity contribution >= 4 is 12.0 Å². The van der Waals surface area contributed by atoms with Crippen LogP contribution in [0.3, 0.4) is 0 Å². The van der Waals surface area contributed by atoms with E-state index in [9.17, 15) is 9.59 Å². The fraction of sp³-hybridized carbons (Fsp3) is 0.615. The molecule has 7 nitrogen and oxygen atoms in total. The first kappa shape index (κ1) is 14.4. The van der Waals surface area contributed by atoms with Crippen LogP contribution in [-0.2, 0) is 11.2 Å². The van der Waals surface area contributed by atoms with Gasteiger partial charge in [-0.3, -0.25) is 0 Å². The summed E-state index contributed by atoms with van der Waals surface area (Å²) in [7, 11) is 0. The van der Waals surface area contributed by atoms with Crippen molar-refractivity contribution < 1.29 is 14.7 Å². The van der Waals surface area contributed by atoms with E-state index in [1.54, 1.807) is 6.20 Å². The number of carbonyl (C=O) groups excluding carboxylic acids is 1. The summed E-state index contributed by atoms with van der Waals surface area (Å²) in [5, 5.41) is 14.4. The highest BCUT2D eigenvalue weighted by atomic mass is 16.4. The molecule has 0 radical (unpaired) electrons. The number of carboxylic acid groups (broad SMARTS) is 1. The number of nitrogens with zero attached hydrogens (tertiary/aromatic N) is 1. The van der Waals surface area contributed by atoms with Gasteiger partial charge >= 0.3 is 12.0 Å². The van der Waals surface area contributed by atoms with Crippen molar-refractivity contribution in [3.8, 4) is 0 Å². The average Bonchev–Trinajstić information content (AvgIpc) is 3.02. The molecule has 20 heavy (non-hydrogen) atoms. The molecule has 0 bridgehead atoms. The second-order valence-electron chi connectivity index (χ2n) is 5.37. The van der Waals surface area contributed by atoms with Crippen molar-refractivity contribution in [1.29, 1.82) is 0 Å². The second kappa shape index (κ2) is 6.40. The monoisotopic (exact) mass is 280 g/mol. The highest BCUT2D eigenvalue weighted by molar-refractivity contribution is 5.82. The zero-order chi connectivity index (χ0) is 14.5. The van der Waals surface area contributed by atoms with Gasteiger partial charge in [0.05, 0.1) is 6.33 Å². The summed E-state index contributed by atoms with van der Waals surface area (Å²) in [5.41, 5.74) is 0.670. The SMILES string of the molecule is CC(CC1CC1)NC(=O)NC(Cc1cnc[nH]1)C(=O)O. The first-order chi connectivity index (χ1) is 9.54. The fourth-order valence-corrected chi connectivity index (χ4v) is 2.15. The lowest BCUT2D eigenvalue weighted by Gasteiger charge is -2.18. The lowest BCUT2D eigenvalue weighted by Crippen LogP contribution is -2.49. The van der Waals surface area contributed by atoms with Gasteiger partial charge in [-0.25, -0.2) is 14.6 Å². The molecule has 0 aliphatic heterocycles. The van der Waals surface area contributed by atoms with E-state index in [1.165, 1.54) is 19.2 Å². The van der Waals surface area contributed by atoms with Crippen molar-refractivity contribution in [2.75, 3.05) is 0 Å². The predicted molar refractivity (Wildman–Crippen MR) is 72.2 cm³/mol. The lowest BCUT2D eigenvalue weighted by atomic mass is 10.1. The van der Waals surface area contributed by atoms with E-state index in [2.05, 4.69) is 20.6 Å². The quantitative estimate of drug-likeness (QED) is 0.595. The van der Waals surface area contributed by atoms with Gasteiger partial charge in [0.15, 0.2) is 0 Å². The number of carboxylic acids is 1. The molecule has 1 aromatic rings. The Morgan fingerprint density at radius 2 is 2.25 bits per heavy atom. The van der Waals surface area contributed by atoms with E-state index < -0.39 is 18.0 Å². The molecule has 1 aromatic heterocycles. The summed E-state index contributed by atoms with van der Waals surface area (Å²) in [5.74, 6) is -0.352. The highest BCUT2D eigenvalue weighted by Gasteiger charge is 2.25. The Kier molecular flexibility index (Phi) is 4.60. The zero-order valence-corrected chi connectivity index (χ0v) is 11.4. The van der Waals surface area contributed by atoms with Gasteiger partial charge in [0.25, 0.3) is 0 Å². The Morgan fingerprint density at radius 3 is 2.80 bits per heavy atom. The van der Waals surface area contributed by atoms with E-state index in [0.29, 0.717) is 11.6 Å². The molecule has 2 atom stereocenters. The maximum absolute atomic E-state index is 11.8. The maximum Gasteiger partial charge on any atom is 0.326 e. The van der Waals surface area contributed by atoms with E-state index >= 15 is 0 Å². The summed E-state index contributed by atoms with van der Waals surface area (Å²) in [6.07, 6.45) is 6.61. The van der Waals surface area contributed by atoms with Gasteiger partial charge in [-0.05, 0) is 19.3 Å². The van der Waals surface area contributed by atoms with Crippen molar-refractivity contribution in [2.24, 2.45) is 5.92 Å². The minimum atomic E-state index is -1.07. The number of rotatable bonds is 7. The first-order valence-corrected chi connectivity index (χ1v) is 6.81. The maximum atomic E-state index is 11.8. The number of hydrogen-bond donors (Lipinski definition) is 4. The van der Waals surface area contributed by atoms with Crippen molar-refractivity contribution in [3.63, 3.8) is 0 Å². The zero-order valence-electron chi connectivity index (χ0n) is 11.4. The Morgan fingerprint density at radius 1 is 1.50 bits per heavy atom. The first-order valence-electron chi connectivity index (χ1n) is 6.81. The number of H-pyrrole nitrogens is 1. The van der Waals surface area contributed by atoms with E-state index in [1.807, 2.05) is 6.92 Å². The lowest BCUT2D eigenvalue weighted by molar-refractivity contribution is -0.139. The van der Waals surface area contributed by atoms with Crippen molar-refractivity contribution in [1.82, 2.24) is 20.6 Å². The smallest absolute Gasteiger partial charge is 0.326 e. The number of carbonyl (C=O) groups is 2. The third kappa shape index (κ3) is 4.56. The molecule has 1 fully saturated rings. The summed E-state index contributed by atoms with van der Waals surface area (Å²) >= 11 is 0. The minimum absolute atomic E-state index is 0.0594. The second-order valence-corrected chi connectivity index (χ2v) is 5.37. The number of aromatic nitrogens is 2. The number of amides is 2. The topological polar surface area (TPSA) is 107 Å². The van der Waals surface area contributed by atoms with Gasteiger partial charge < -0.3 is 20.7 Å². The van der Waals surface area contributed by atoms with Crippen LogP contribution < -0.4 is 10.6 Å². The predicted octanol–water partition coefficient (Wildman–Crippen LogP) is 0.893. The molecule has 1 heterocycles. The molecule has 0 aromatic carbocycles. The van der Waals surface area contributed by atoms with E-state index in [-0.39, 0.29) is 12.5 Å². The number of aromatic amines is 1. The molecule has 0 saturated heterocycles. The van der Waals surface area contributed by atoms with Crippen molar-refractivity contribution in [3.05, 3.63) is 18.2 Å². The highest BCUT2D eigenvalue weighted by Crippen LogP contribution is 2.33. The molecule has 110 valence electrons. The summed E-state index contributed by atoms with van der Waals surface area (Å²) in [6, 6.07) is -1.35. The molecule has 1 aliphatic rings. The van der Waals surface area contributed by atoms with Crippen LogP contribution in [0.5, 0.6) is 0 Å². The molecule has 0 spiro atoms. The van der Waals surface area contributed by atoms with E-state index in [4.69, 9.17) is 5.11 Å². The Labute approximate surface area is 117 Å². The van der Waals surface area contributed by atoms with Gasteiger partial charge in [0.2, 0.25) is 0 Å². The number of nitrogens with one attached hydrogen (secondary N) is 3. The van der Waals surface area contributed by atoms with Crippen LogP contribution in [0.15, 0.2) is 12.5 Å². The van der Waals surface area contributed by atoms with Crippen LogP contribution in [0.1, 0.15) is 31.9 Å². The molecule has 2 unspecified atom stereocenters. The Balaban J connectivity index is 1.80. The number of hydrogen-bond acceptors (Lipinski definition) is 3. The normalized spacial score (nSPS) is 17.2. The van der Waals surface area contributed by atoms with Crippen LogP contribution >= 0.6 is 0 Å². The molecule has 2 amide bonds. The molecular weight excluding hydrogens is 260 g/mol. The van der Waals surface area contributed by atoms with Crippen LogP contribution in [-0.4, -0.2) is 39.2 Å². The van der Waals surface area contributed by atoms with Crippen LogP contribution in [0.4, 0.5) is 4.79 Å². The average molecular weight is 280 g/mol. The molecule has 7 heteroatoms. The molecule has 4 N–H and O–H groups in total. The number of imidazole rings is 1. The Bertz CT molecular complexity index is 456. The number of urea groups is 1. The van der Waals surface area contributed by atoms with E-state index in [0.717, 1.165) is 6.42 Å². The van der Waals surface area contributed by atoms with Crippen LogP contribution in [0, 0.1) is 5.92 Å². The van der Waals surface area contributed by atoms with Crippen molar-refractivity contribution in [2.45, 2.75) is 44.7 Å².